The van der Waals surface area contributed by atoms with Crippen LogP contribution in [0.2, 0.25) is 0 Å². The molecule has 0 radical (unpaired) electrons. The van der Waals surface area contributed by atoms with E-state index < -0.39 is 18.5 Å². The second kappa shape index (κ2) is 12.2. The number of thiophene rings is 1. The third kappa shape index (κ3) is 6.55. The number of hydrogen-bond acceptors (Lipinski definition) is 7. The van der Waals surface area contributed by atoms with Gasteiger partial charge in [-0.05, 0) is 52.9 Å². The molecule has 0 spiro atoms. The molecule has 0 saturated carbocycles. The minimum Gasteiger partial charge on any atom is -0.479 e. The van der Waals surface area contributed by atoms with E-state index in [-0.39, 0.29) is 28.7 Å². The zero-order valence-corrected chi connectivity index (χ0v) is 22.3. The number of piperidine rings is 1. The summed E-state index contributed by atoms with van der Waals surface area (Å²) in [5, 5.41) is 18.5. The molecule has 3 rings (SSSR count). The number of amides is 2. The summed E-state index contributed by atoms with van der Waals surface area (Å²) in [6.45, 7) is 4.29. The van der Waals surface area contributed by atoms with Crippen molar-refractivity contribution < 1.29 is 38.9 Å². The Hall–Kier alpha value is -3.12. The van der Waals surface area contributed by atoms with Gasteiger partial charge in [0, 0.05) is 32.6 Å². The van der Waals surface area contributed by atoms with Crippen molar-refractivity contribution in [2.75, 3.05) is 26.3 Å². The number of carboxylic acid groups (broad SMARTS) is 2. The van der Waals surface area contributed by atoms with Crippen molar-refractivity contribution in [3.63, 3.8) is 0 Å². The molecule has 1 fully saturated rings. The van der Waals surface area contributed by atoms with E-state index in [0.29, 0.717) is 54.0 Å². The molecule has 1 saturated heterocycles. The molecule has 0 unspecified atom stereocenters. The summed E-state index contributed by atoms with van der Waals surface area (Å²) in [5.41, 5.74) is 1.55. The fraction of sp³-hybridized carbons (Fsp3) is 0.417. The number of likely N-dealkylation sites (tertiary alicyclic amines) is 1. The van der Waals surface area contributed by atoms with E-state index in [1.807, 2.05) is 24.3 Å². The van der Waals surface area contributed by atoms with Gasteiger partial charge in [-0.3, -0.25) is 4.79 Å². The Balaban J connectivity index is 1.80. The maximum absolute atomic E-state index is 12.5. The number of nitrogens with zero attached hydrogens (tertiary/aromatic N) is 2. The summed E-state index contributed by atoms with van der Waals surface area (Å²) in [7, 11) is 0. The average molecular weight is 583 g/mol. The van der Waals surface area contributed by atoms with Crippen molar-refractivity contribution in [2.45, 2.75) is 39.3 Å². The Morgan fingerprint density at radius 3 is 2.47 bits per heavy atom. The van der Waals surface area contributed by atoms with Crippen LogP contribution in [0.4, 0.5) is 4.79 Å². The second-order valence-electron chi connectivity index (χ2n) is 8.16. The Morgan fingerprint density at radius 2 is 1.89 bits per heavy atom. The number of benzene rings is 1. The molecule has 1 aromatic heterocycles. The molecule has 1 aromatic carbocycles. The monoisotopic (exact) mass is 582 g/mol. The quantitative estimate of drug-likeness (QED) is 0.446. The van der Waals surface area contributed by atoms with Crippen molar-refractivity contribution in [2.24, 2.45) is 0 Å². The van der Waals surface area contributed by atoms with Gasteiger partial charge < -0.3 is 29.5 Å². The molecular formula is C24H27BrN2O8S. The minimum atomic E-state index is -1.22. The van der Waals surface area contributed by atoms with Crippen molar-refractivity contribution in [1.29, 1.82) is 0 Å². The SMILES string of the molecule is CCOC(=O)N1CCC(N(Cc2cccc(-c3sc(C(=O)O)c(OCC(=O)O)c3Br)c2)C(C)=O)CC1. The molecule has 194 valence electrons. The molecule has 1 aliphatic rings. The summed E-state index contributed by atoms with van der Waals surface area (Å²) >= 11 is 4.34. The molecule has 2 N–H and O–H groups in total. The first kappa shape index (κ1) is 27.5. The lowest BCUT2D eigenvalue weighted by atomic mass is 10.0. The van der Waals surface area contributed by atoms with Gasteiger partial charge in [0.2, 0.25) is 5.91 Å². The largest absolute Gasteiger partial charge is 0.479 e. The van der Waals surface area contributed by atoms with Gasteiger partial charge in [-0.2, -0.15) is 0 Å². The molecule has 0 atom stereocenters. The first-order valence-electron chi connectivity index (χ1n) is 11.3. The molecule has 1 aliphatic heterocycles. The number of ether oxygens (including phenoxy) is 2. The first-order valence-corrected chi connectivity index (χ1v) is 12.9. The van der Waals surface area contributed by atoms with E-state index in [4.69, 9.17) is 14.6 Å². The summed E-state index contributed by atoms with van der Waals surface area (Å²) < 4.78 is 10.7. The standard InChI is InChI=1S/C24H27BrN2O8S/c1-3-34-24(33)26-9-7-17(8-10-26)27(14(2)28)12-15-5-4-6-16(11-15)21-19(25)20(35-13-18(29)30)22(36-21)23(31)32/h4-6,11,17H,3,7-10,12-13H2,1-2H3,(H,29,30)(H,31,32). The van der Waals surface area contributed by atoms with E-state index in [2.05, 4.69) is 15.9 Å². The summed E-state index contributed by atoms with van der Waals surface area (Å²) in [6.07, 6.45) is 0.939. The lowest BCUT2D eigenvalue weighted by Gasteiger charge is -2.37. The van der Waals surface area contributed by atoms with Crippen LogP contribution in [0.3, 0.4) is 0 Å². The molecule has 0 bridgehead atoms. The Kier molecular flexibility index (Phi) is 9.32. The summed E-state index contributed by atoms with van der Waals surface area (Å²) in [5.74, 6) is -2.55. The molecule has 2 aromatic rings. The van der Waals surface area contributed by atoms with E-state index in [1.54, 1.807) is 16.7 Å². The van der Waals surface area contributed by atoms with Gasteiger partial charge in [-0.15, -0.1) is 11.3 Å². The highest BCUT2D eigenvalue weighted by atomic mass is 79.9. The molecule has 12 heteroatoms. The summed E-state index contributed by atoms with van der Waals surface area (Å²) in [4.78, 5) is 51.0. The van der Waals surface area contributed by atoms with Crippen LogP contribution in [0.1, 0.15) is 41.9 Å². The number of carbonyl (C=O) groups is 4. The highest BCUT2D eigenvalue weighted by Crippen LogP contribution is 2.45. The molecule has 10 nitrogen and oxygen atoms in total. The highest BCUT2D eigenvalue weighted by molar-refractivity contribution is 9.10. The van der Waals surface area contributed by atoms with E-state index >= 15 is 0 Å². The van der Waals surface area contributed by atoms with E-state index in [0.717, 1.165) is 16.9 Å². The Bertz CT molecular complexity index is 1140. The third-order valence-electron chi connectivity index (χ3n) is 5.72. The molecule has 2 heterocycles. The van der Waals surface area contributed by atoms with Gasteiger partial charge in [0.15, 0.2) is 17.2 Å². The van der Waals surface area contributed by atoms with Crippen LogP contribution < -0.4 is 4.74 Å². The minimum absolute atomic E-state index is 0.0278. The van der Waals surface area contributed by atoms with Crippen molar-refractivity contribution in [1.82, 2.24) is 9.80 Å². The fourth-order valence-electron chi connectivity index (χ4n) is 4.07. The average Bonchev–Trinajstić information content (AvgIpc) is 3.18. The third-order valence-corrected chi connectivity index (χ3v) is 7.95. The van der Waals surface area contributed by atoms with Crippen LogP contribution in [-0.2, 0) is 20.9 Å². The number of aliphatic carboxylic acids is 1. The number of carbonyl (C=O) groups excluding carboxylic acids is 2. The van der Waals surface area contributed by atoms with Crippen LogP contribution in [0.25, 0.3) is 10.4 Å². The molecular weight excluding hydrogens is 556 g/mol. The number of aromatic carboxylic acids is 1. The van der Waals surface area contributed by atoms with Gasteiger partial charge in [-0.1, -0.05) is 18.2 Å². The van der Waals surface area contributed by atoms with Crippen LogP contribution in [0.5, 0.6) is 5.75 Å². The highest BCUT2D eigenvalue weighted by Gasteiger charge is 2.29. The van der Waals surface area contributed by atoms with E-state index in [9.17, 15) is 24.3 Å². The fourth-order valence-corrected chi connectivity index (χ4v) is 5.95. The van der Waals surface area contributed by atoms with Gasteiger partial charge in [0.25, 0.3) is 0 Å². The number of halogens is 1. The topological polar surface area (TPSA) is 134 Å². The number of hydrogen-bond donors (Lipinski definition) is 2. The second-order valence-corrected chi connectivity index (χ2v) is 9.97. The summed E-state index contributed by atoms with van der Waals surface area (Å²) in [6, 6.07) is 7.35. The van der Waals surface area contributed by atoms with E-state index in [1.165, 1.54) is 6.92 Å². The van der Waals surface area contributed by atoms with Crippen LogP contribution in [-0.4, -0.2) is 76.3 Å². The van der Waals surface area contributed by atoms with Crippen LogP contribution in [0, 0.1) is 0 Å². The zero-order valence-electron chi connectivity index (χ0n) is 19.9. The predicted molar refractivity (Wildman–Crippen MR) is 135 cm³/mol. The number of carboxylic acids is 2. The maximum atomic E-state index is 12.5. The Morgan fingerprint density at radius 1 is 1.19 bits per heavy atom. The van der Waals surface area contributed by atoms with Crippen molar-refractivity contribution in [3.8, 4) is 16.2 Å². The van der Waals surface area contributed by atoms with Crippen molar-refractivity contribution >= 4 is 51.2 Å². The molecule has 36 heavy (non-hydrogen) atoms. The normalized spacial score (nSPS) is 13.8. The lowest BCUT2D eigenvalue weighted by molar-refractivity contribution is -0.139. The van der Waals surface area contributed by atoms with Gasteiger partial charge in [-0.25, -0.2) is 14.4 Å². The van der Waals surface area contributed by atoms with Crippen LogP contribution >= 0.6 is 27.3 Å². The van der Waals surface area contributed by atoms with Gasteiger partial charge in [0.1, 0.15) is 0 Å². The van der Waals surface area contributed by atoms with Gasteiger partial charge in [0.05, 0.1) is 16.0 Å². The lowest BCUT2D eigenvalue weighted by Crippen LogP contribution is -2.48. The Labute approximate surface area is 220 Å². The first-order chi connectivity index (χ1) is 17.1. The van der Waals surface area contributed by atoms with Crippen LogP contribution in [0.15, 0.2) is 28.7 Å². The maximum Gasteiger partial charge on any atom is 0.409 e. The zero-order chi connectivity index (χ0) is 26.4. The smallest absolute Gasteiger partial charge is 0.409 e. The van der Waals surface area contributed by atoms with Gasteiger partial charge >= 0.3 is 18.0 Å². The number of rotatable bonds is 9. The molecule has 2 amide bonds. The predicted octanol–water partition coefficient (Wildman–Crippen LogP) is 4.31. The molecule has 0 aliphatic carbocycles. The van der Waals surface area contributed by atoms with Crippen molar-refractivity contribution in [3.05, 3.63) is 39.2 Å².